The van der Waals surface area contributed by atoms with Crippen molar-refractivity contribution >= 4 is 11.4 Å². The number of nitrogens with zero attached hydrogens (tertiary/aromatic N) is 1. The van der Waals surface area contributed by atoms with E-state index in [1.807, 2.05) is 25.1 Å². The molecule has 0 amide bonds. The average molecular weight is 296 g/mol. The maximum Gasteiger partial charge on any atom is 0.136 e. The number of aliphatic hydroxyl groups excluding tert-OH is 1. The van der Waals surface area contributed by atoms with Gasteiger partial charge in [0.15, 0.2) is 0 Å². The van der Waals surface area contributed by atoms with E-state index >= 15 is 0 Å². The monoisotopic (exact) mass is 296 g/mol. The summed E-state index contributed by atoms with van der Waals surface area (Å²) in [6, 6.07) is 7.97. The predicted molar refractivity (Wildman–Crippen MR) is 92.6 cm³/mol. The maximum atomic E-state index is 10.7. The fourth-order valence-electron chi connectivity index (χ4n) is 3.05. The molecule has 0 spiro atoms. The molecule has 1 fully saturated rings. The van der Waals surface area contributed by atoms with Gasteiger partial charge in [-0.15, -0.1) is 0 Å². The molecule has 1 aromatic carbocycles. The molecule has 1 saturated carbocycles. The van der Waals surface area contributed by atoms with E-state index in [-0.39, 0.29) is 5.76 Å². The SMILES string of the molecule is C=C(NCC)C1=C(O)c2ccccc2N(CCC2CC2)C1=C. The molecule has 3 heteroatoms. The van der Waals surface area contributed by atoms with Crippen LogP contribution in [0.25, 0.3) is 5.76 Å². The van der Waals surface area contributed by atoms with Gasteiger partial charge in [-0.2, -0.15) is 0 Å². The van der Waals surface area contributed by atoms with E-state index in [1.54, 1.807) is 0 Å². The third-order valence-electron chi connectivity index (χ3n) is 4.45. The van der Waals surface area contributed by atoms with Crippen LogP contribution in [-0.4, -0.2) is 18.2 Å². The molecule has 1 aliphatic carbocycles. The van der Waals surface area contributed by atoms with Gasteiger partial charge in [0, 0.05) is 30.0 Å². The first-order valence-corrected chi connectivity index (χ1v) is 8.06. The van der Waals surface area contributed by atoms with Crippen molar-refractivity contribution in [1.82, 2.24) is 5.32 Å². The summed E-state index contributed by atoms with van der Waals surface area (Å²) in [4.78, 5) is 2.23. The van der Waals surface area contributed by atoms with Crippen molar-refractivity contribution in [3.8, 4) is 0 Å². The quantitative estimate of drug-likeness (QED) is 0.825. The van der Waals surface area contributed by atoms with Crippen LogP contribution in [0.4, 0.5) is 5.69 Å². The Morgan fingerprint density at radius 3 is 2.77 bits per heavy atom. The highest BCUT2D eigenvalue weighted by molar-refractivity contribution is 5.86. The summed E-state index contributed by atoms with van der Waals surface area (Å²) in [6.45, 7) is 12.0. The lowest BCUT2D eigenvalue weighted by atomic mass is 9.95. The molecule has 2 aliphatic rings. The first-order chi connectivity index (χ1) is 10.6. The van der Waals surface area contributed by atoms with Gasteiger partial charge >= 0.3 is 0 Å². The first-order valence-electron chi connectivity index (χ1n) is 8.06. The first kappa shape index (κ1) is 14.8. The molecule has 0 radical (unpaired) electrons. The normalized spacial score (nSPS) is 17.5. The highest BCUT2D eigenvalue weighted by Gasteiger charge is 2.30. The lowest BCUT2D eigenvalue weighted by molar-refractivity contribution is 0.504. The van der Waals surface area contributed by atoms with Crippen LogP contribution in [0.2, 0.25) is 0 Å². The minimum Gasteiger partial charge on any atom is -0.506 e. The molecule has 116 valence electrons. The Morgan fingerprint density at radius 2 is 2.09 bits per heavy atom. The van der Waals surface area contributed by atoms with Crippen LogP contribution in [0, 0.1) is 5.92 Å². The number of aliphatic hydroxyl groups is 1. The summed E-state index contributed by atoms with van der Waals surface area (Å²) in [5.74, 6) is 1.13. The van der Waals surface area contributed by atoms with Gasteiger partial charge in [0.1, 0.15) is 5.76 Å². The summed E-state index contributed by atoms with van der Waals surface area (Å²) in [6.07, 6.45) is 3.87. The molecule has 1 aliphatic heterocycles. The Kier molecular flexibility index (Phi) is 3.97. The standard InChI is InChI=1S/C19H24N2O/c1-4-20-13(2)18-14(3)21(12-11-15-9-10-15)17-8-6-5-7-16(17)19(18)22/h5-8,15,20,22H,2-4,9-12H2,1H3. The van der Waals surface area contributed by atoms with Crippen LogP contribution in [-0.2, 0) is 0 Å². The van der Waals surface area contributed by atoms with Crippen LogP contribution < -0.4 is 10.2 Å². The highest BCUT2D eigenvalue weighted by atomic mass is 16.3. The van der Waals surface area contributed by atoms with Crippen LogP contribution >= 0.6 is 0 Å². The van der Waals surface area contributed by atoms with Crippen LogP contribution in [0.5, 0.6) is 0 Å². The van der Waals surface area contributed by atoms with E-state index in [1.165, 1.54) is 19.3 Å². The van der Waals surface area contributed by atoms with Gasteiger partial charge in [-0.05, 0) is 31.4 Å². The van der Waals surface area contributed by atoms with Gasteiger partial charge in [0.05, 0.1) is 11.3 Å². The number of likely N-dealkylation sites (N-methyl/N-ethyl adjacent to an activating group) is 1. The zero-order valence-corrected chi connectivity index (χ0v) is 13.2. The smallest absolute Gasteiger partial charge is 0.136 e. The van der Waals surface area contributed by atoms with Crippen molar-refractivity contribution in [2.45, 2.75) is 26.2 Å². The number of hydrogen-bond donors (Lipinski definition) is 2. The Bertz CT molecular complexity index is 641. The fourth-order valence-corrected chi connectivity index (χ4v) is 3.05. The average Bonchev–Trinajstić information content (AvgIpc) is 3.32. The van der Waals surface area contributed by atoms with Crippen molar-refractivity contribution in [2.24, 2.45) is 5.92 Å². The Morgan fingerprint density at radius 1 is 1.36 bits per heavy atom. The lowest BCUT2D eigenvalue weighted by Crippen LogP contribution is -2.31. The zero-order valence-electron chi connectivity index (χ0n) is 13.2. The minimum absolute atomic E-state index is 0.272. The van der Waals surface area contributed by atoms with E-state index in [0.29, 0.717) is 0 Å². The summed E-state index contributed by atoms with van der Waals surface area (Å²) in [7, 11) is 0. The van der Waals surface area contributed by atoms with E-state index in [0.717, 1.165) is 47.2 Å². The summed E-state index contributed by atoms with van der Waals surface area (Å²) in [5.41, 5.74) is 4.20. The van der Waals surface area contributed by atoms with Crippen LogP contribution in [0.15, 0.2) is 54.4 Å². The topological polar surface area (TPSA) is 35.5 Å². The van der Waals surface area contributed by atoms with E-state index in [2.05, 4.69) is 29.4 Å². The third-order valence-corrected chi connectivity index (χ3v) is 4.45. The number of benzene rings is 1. The second kappa shape index (κ2) is 5.91. The molecular weight excluding hydrogens is 272 g/mol. The summed E-state index contributed by atoms with van der Waals surface area (Å²) < 4.78 is 0. The second-order valence-corrected chi connectivity index (χ2v) is 6.08. The summed E-state index contributed by atoms with van der Waals surface area (Å²) in [5, 5.41) is 13.9. The van der Waals surface area contributed by atoms with Crippen molar-refractivity contribution in [3.05, 3.63) is 60.0 Å². The fraction of sp³-hybridized carbons (Fsp3) is 0.368. The third kappa shape index (κ3) is 2.63. The Balaban J connectivity index is 1.98. The maximum absolute atomic E-state index is 10.7. The van der Waals surface area contributed by atoms with Crippen molar-refractivity contribution < 1.29 is 5.11 Å². The van der Waals surface area contributed by atoms with E-state index in [4.69, 9.17) is 0 Å². The Hall–Kier alpha value is -2.16. The van der Waals surface area contributed by atoms with E-state index in [9.17, 15) is 5.11 Å². The Labute approximate surface area is 132 Å². The number of para-hydroxylation sites is 1. The molecule has 0 saturated heterocycles. The summed E-state index contributed by atoms with van der Waals surface area (Å²) >= 11 is 0. The highest BCUT2D eigenvalue weighted by Crippen LogP contribution is 2.41. The molecule has 0 aromatic heterocycles. The molecule has 3 rings (SSSR count). The zero-order chi connectivity index (χ0) is 15.7. The van der Waals surface area contributed by atoms with Gasteiger partial charge in [0.25, 0.3) is 0 Å². The predicted octanol–water partition coefficient (Wildman–Crippen LogP) is 4.21. The van der Waals surface area contributed by atoms with Crippen LogP contribution in [0.3, 0.4) is 0 Å². The number of nitrogens with one attached hydrogen (secondary N) is 1. The molecule has 0 atom stereocenters. The molecule has 3 nitrogen and oxygen atoms in total. The van der Waals surface area contributed by atoms with Gasteiger partial charge in [0.2, 0.25) is 0 Å². The minimum atomic E-state index is 0.272. The molecule has 2 N–H and O–H groups in total. The molecule has 0 bridgehead atoms. The number of hydrogen-bond acceptors (Lipinski definition) is 3. The molecular formula is C19H24N2O. The van der Waals surface area contributed by atoms with E-state index < -0.39 is 0 Å². The van der Waals surface area contributed by atoms with Crippen molar-refractivity contribution in [2.75, 3.05) is 18.0 Å². The van der Waals surface area contributed by atoms with Gasteiger partial charge in [-0.3, -0.25) is 0 Å². The van der Waals surface area contributed by atoms with Gasteiger partial charge < -0.3 is 15.3 Å². The van der Waals surface area contributed by atoms with Crippen molar-refractivity contribution in [1.29, 1.82) is 0 Å². The van der Waals surface area contributed by atoms with Crippen LogP contribution in [0.1, 0.15) is 31.7 Å². The van der Waals surface area contributed by atoms with Gasteiger partial charge in [-0.25, -0.2) is 0 Å². The number of anilines is 1. The second-order valence-electron chi connectivity index (χ2n) is 6.08. The van der Waals surface area contributed by atoms with Crippen molar-refractivity contribution in [3.63, 3.8) is 0 Å². The molecule has 0 unspecified atom stereocenters. The largest absolute Gasteiger partial charge is 0.506 e. The molecule has 1 heterocycles. The lowest BCUT2D eigenvalue weighted by Gasteiger charge is -2.35. The molecule has 22 heavy (non-hydrogen) atoms. The molecule has 1 aromatic rings. The number of rotatable bonds is 6. The van der Waals surface area contributed by atoms with Gasteiger partial charge in [-0.1, -0.05) is 38.1 Å². The number of fused-ring (bicyclic) bond motifs is 1.